The summed E-state index contributed by atoms with van der Waals surface area (Å²) in [5.74, 6) is 0. The van der Waals surface area contributed by atoms with Gasteiger partial charge in [-0.05, 0) is 34.4 Å². The Bertz CT molecular complexity index is 859. The normalized spacial score (nSPS) is 11.0. The van der Waals surface area contributed by atoms with E-state index in [0.717, 1.165) is 17.0 Å². The lowest BCUT2D eigenvalue weighted by molar-refractivity contribution is 1.10. The zero-order chi connectivity index (χ0) is 13.4. The van der Waals surface area contributed by atoms with Crippen LogP contribution in [0.2, 0.25) is 0 Å². The van der Waals surface area contributed by atoms with E-state index < -0.39 is 0 Å². The number of fused-ring (bicyclic) bond motifs is 1. The predicted octanol–water partition coefficient (Wildman–Crippen LogP) is 4.96. The van der Waals surface area contributed by atoms with Crippen molar-refractivity contribution in [1.29, 1.82) is 0 Å². The maximum atomic E-state index is 4.43. The minimum absolute atomic E-state index is 0.985. The van der Waals surface area contributed by atoms with E-state index in [9.17, 15) is 0 Å². The summed E-state index contributed by atoms with van der Waals surface area (Å²) < 4.78 is 0. The van der Waals surface area contributed by atoms with Crippen LogP contribution < -0.4 is 0 Å². The van der Waals surface area contributed by atoms with Gasteiger partial charge in [-0.25, -0.2) is 0 Å². The summed E-state index contributed by atoms with van der Waals surface area (Å²) >= 11 is 1.72. The van der Waals surface area contributed by atoms with Crippen LogP contribution in [0.5, 0.6) is 0 Å². The van der Waals surface area contributed by atoms with Crippen LogP contribution in [-0.2, 0) is 0 Å². The molecule has 0 spiro atoms. The van der Waals surface area contributed by atoms with Crippen LogP contribution in [0.25, 0.3) is 32.6 Å². The van der Waals surface area contributed by atoms with E-state index in [-0.39, 0.29) is 0 Å². The quantitative estimate of drug-likeness (QED) is 0.551. The van der Waals surface area contributed by atoms with Crippen LogP contribution in [0.3, 0.4) is 0 Å². The summed E-state index contributed by atoms with van der Waals surface area (Å²) in [5, 5.41) is 12.1. The molecule has 96 valence electrons. The molecule has 0 aliphatic carbocycles. The lowest BCUT2D eigenvalue weighted by Crippen LogP contribution is -1.78. The number of nitrogens with zero attached hydrogens (tertiary/aromatic N) is 1. The second-order valence-corrected chi connectivity index (χ2v) is 5.65. The fourth-order valence-electron chi connectivity index (χ4n) is 2.38. The van der Waals surface area contributed by atoms with Crippen LogP contribution in [-0.4, -0.2) is 10.2 Å². The highest BCUT2D eigenvalue weighted by atomic mass is 32.1. The molecule has 0 aliphatic heterocycles. The van der Waals surface area contributed by atoms with Gasteiger partial charge in [-0.2, -0.15) is 5.10 Å². The van der Waals surface area contributed by atoms with E-state index in [1.807, 2.05) is 0 Å². The van der Waals surface area contributed by atoms with Gasteiger partial charge in [-0.3, -0.25) is 5.10 Å². The van der Waals surface area contributed by atoms with Gasteiger partial charge in [-0.15, -0.1) is 11.3 Å². The summed E-state index contributed by atoms with van der Waals surface area (Å²) in [7, 11) is 0. The number of hydrogen-bond donors (Lipinski definition) is 1. The molecule has 0 saturated heterocycles. The molecule has 0 unspecified atom stereocenters. The van der Waals surface area contributed by atoms with Gasteiger partial charge in [0.05, 0.1) is 16.3 Å². The topological polar surface area (TPSA) is 28.7 Å². The van der Waals surface area contributed by atoms with Crippen LogP contribution in [0.1, 0.15) is 0 Å². The number of aromatic amines is 1. The van der Waals surface area contributed by atoms with E-state index in [1.54, 1.807) is 11.3 Å². The Balaban J connectivity index is 1.79. The fraction of sp³-hybridized carbons (Fsp3) is 0. The molecule has 0 aliphatic rings. The minimum atomic E-state index is 0.985. The number of nitrogens with one attached hydrogen (secondary N) is 1. The summed E-state index contributed by atoms with van der Waals surface area (Å²) in [6, 6.07) is 21.1. The first kappa shape index (κ1) is 11.4. The first-order valence-electron chi connectivity index (χ1n) is 6.49. The number of aromatic nitrogens is 2. The number of H-pyrrole nitrogens is 1. The minimum Gasteiger partial charge on any atom is -0.276 e. The van der Waals surface area contributed by atoms with Crippen LogP contribution in [0.4, 0.5) is 0 Å². The molecule has 20 heavy (non-hydrogen) atoms. The molecule has 0 fully saturated rings. The van der Waals surface area contributed by atoms with Gasteiger partial charge in [0.2, 0.25) is 0 Å². The lowest BCUT2D eigenvalue weighted by Gasteiger charge is -2.00. The summed E-state index contributed by atoms with van der Waals surface area (Å²) in [6.45, 7) is 0. The van der Waals surface area contributed by atoms with Crippen molar-refractivity contribution >= 4 is 22.1 Å². The number of hydrogen-bond acceptors (Lipinski definition) is 2. The molecule has 4 aromatic rings. The van der Waals surface area contributed by atoms with Gasteiger partial charge >= 0.3 is 0 Å². The monoisotopic (exact) mass is 276 g/mol. The highest BCUT2D eigenvalue weighted by Gasteiger charge is 2.07. The van der Waals surface area contributed by atoms with Crippen molar-refractivity contribution in [2.24, 2.45) is 0 Å². The van der Waals surface area contributed by atoms with E-state index in [4.69, 9.17) is 0 Å². The van der Waals surface area contributed by atoms with Gasteiger partial charge in [0, 0.05) is 5.56 Å². The molecule has 0 amide bonds. The van der Waals surface area contributed by atoms with Crippen molar-refractivity contribution in [3.8, 4) is 21.8 Å². The van der Waals surface area contributed by atoms with Gasteiger partial charge in [0.1, 0.15) is 0 Å². The van der Waals surface area contributed by atoms with Crippen molar-refractivity contribution in [3.63, 3.8) is 0 Å². The largest absolute Gasteiger partial charge is 0.276 e. The maximum absolute atomic E-state index is 4.43. The van der Waals surface area contributed by atoms with Crippen molar-refractivity contribution < 1.29 is 0 Å². The Morgan fingerprint density at radius 2 is 1.75 bits per heavy atom. The zero-order valence-corrected chi connectivity index (χ0v) is 11.5. The second-order valence-electron chi connectivity index (χ2n) is 4.71. The average molecular weight is 276 g/mol. The first-order chi connectivity index (χ1) is 9.90. The van der Waals surface area contributed by atoms with E-state index in [2.05, 4.69) is 76.2 Å². The molecular formula is C17H12N2S. The number of thiophene rings is 1. The summed E-state index contributed by atoms with van der Waals surface area (Å²) in [6.07, 6.45) is 0. The predicted molar refractivity (Wildman–Crippen MR) is 84.8 cm³/mol. The molecule has 0 radical (unpaired) electrons. The third-order valence-electron chi connectivity index (χ3n) is 3.41. The van der Waals surface area contributed by atoms with E-state index in [1.165, 1.54) is 15.6 Å². The Kier molecular flexibility index (Phi) is 2.64. The molecule has 2 aromatic carbocycles. The van der Waals surface area contributed by atoms with Crippen molar-refractivity contribution in [3.05, 3.63) is 66.0 Å². The van der Waals surface area contributed by atoms with Crippen molar-refractivity contribution in [1.82, 2.24) is 10.2 Å². The van der Waals surface area contributed by atoms with Crippen molar-refractivity contribution in [2.75, 3.05) is 0 Å². The van der Waals surface area contributed by atoms with Gasteiger partial charge in [0.25, 0.3) is 0 Å². The third kappa shape index (κ3) is 1.92. The van der Waals surface area contributed by atoms with Gasteiger partial charge < -0.3 is 0 Å². The Labute approximate surface area is 120 Å². The number of rotatable bonds is 2. The fourth-order valence-corrected chi connectivity index (χ4v) is 3.07. The molecule has 0 atom stereocenters. The smallest absolute Gasteiger partial charge is 0.0927 e. The van der Waals surface area contributed by atoms with Gasteiger partial charge in [-0.1, -0.05) is 42.5 Å². The Morgan fingerprint density at radius 1 is 0.850 bits per heavy atom. The molecule has 4 rings (SSSR count). The van der Waals surface area contributed by atoms with Crippen LogP contribution in [0.15, 0.2) is 66.0 Å². The Hall–Kier alpha value is -2.39. The molecular weight excluding hydrogens is 264 g/mol. The maximum Gasteiger partial charge on any atom is 0.0927 e. The zero-order valence-electron chi connectivity index (χ0n) is 10.7. The van der Waals surface area contributed by atoms with Crippen molar-refractivity contribution in [2.45, 2.75) is 0 Å². The highest BCUT2D eigenvalue weighted by Crippen LogP contribution is 2.28. The molecule has 2 heterocycles. The second kappa shape index (κ2) is 4.62. The van der Waals surface area contributed by atoms with Gasteiger partial charge in [0.15, 0.2) is 0 Å². The molecule has 0 saturated carbocycles. The summed E-state index contributed by atoms with van der Waals surface area (Å²) in [4.78, 5) is 1.21. The molecule has 1 N–H and O–H groups in total. The molecule has 0 bridgehead atoms. The van der Waals surface area contributed by atoms with E-state index in [0.29, 0.717) is 0 Å². The SMILES string of the molecule is c1csc(-c2cc(-c3ccc4ccccc4c3)n[nH]2)c1. The molecule has 2 nitrogen and oxygen atoms in total. The average Bonchev–Trinajstić information content (AvgIpc) is 3.17. The number of benzene rings is 2. The Morgan fingerprint density at radius 3 is 2.60 bits per heavy atom. The molecule has 3 heteroatoms. The lowest BCUT2D eigenvalue weighted by atomic mass is 10.1. The van der Waals surface area contributed by atoms with E-state index >= 15 is 0 Å². The first-order valence-corrected chi connectivity index (χ1v) is 7.36. The highest BCUT2D eigenvalue weighted by molar-refractivity contribution is 7.13. The molecule has 2 aromatic heterocycles. The van der Waals surface area contributed by atoms with Crippen LogP contribution >= 0.6 is 11.3 Å². The standard InChI is InChI=1S/C17H12N2S/c1-2-5-13-10-14(8-7-12(13)4-1)15-11-16(19-18-15)17-6-3-9-20-17/h1-11H,(H,18,19). The third-order valence-corrected chi connectivity index (χ3v) is 4.31. The van der Waals surface area contributed by atoms with Crippen LogP contribution in [0, 0.1) is 0 Å². The summed E-state index contributed by atoms with van der Waals surface area (Å²) in [5.41, 5.74) is 3.20.